The number of likely N-dealkylation sites (tertiary alicyclic amines) is 1. The normalized spacial score (nSPS) is 16.3. The van der Waals surface area contributed by atoms with E-state index in [9.17, 15) is 22.4 Å². The number of benzene rings is 1. The lowest BCUT2D eigenvalue weighted by atomic mass is 9.85. The van der Waals surface area contributed by atoms with Crippen molar-refractivity contribution in [1.29, 1.82) is 0 Å². The first-order valence-corrected chi connectivity index (χ1v) is 13.1. The highest BCUT2D eigenvalue weighted by molar-refractivity contribution is 6.05. The second kappa shape index (κ2) is 10.9. The van der Waals surface area contributed by atoms with Gasteiger partial charge in [0.05, 0.1) is 30.5 Å². The molecule has 2 aliphatic heterocycles. The molecule has 5 heterocycles. The highest BCUT2D eigenvalue weighted by atomic mass is 19.4. The number of amides is 1. The van der Waals surface area contributed by atoms with Crippen LogP contribution in [-0.4, -0.2) is 56.9 Å². The minimum absolute atomic E-state index is 0.151. The summed E-state index contributed by atoms with van der Waals surface area (Å²) in [5.41, 5.74) is 4.26. The predicted octanol–water partition coefficient (Wildman–Crippen LogP) is 4.81. The zero-order valence-electron chi connectivity index (χ0n) is 22.4. The van der Waals surface area contributed by atoms with E-state index in [1.165, 1.54) is 24.4 Å². The van der Waals surface area contributed by atoms with E-state index in [0.29, 0.717) is 31.5 Å². The average molecular weight is 602 g/mol. The molecule has 0 atom stereocenters. The van der Waals surface area contributed by atoms with Crippen LogP contribution < -0.4 is 15.8 Å². The van der Waals surface area contributed by atoms with Crippen LogP contribution in [0.5, 0.6) is 11.5 Å². The topological polar surface area (TPSA) is 120 Å². The van der Waals surface area contributed by atoms with Crippen LogP contribution in [0, 0.1) is 17.0 Å². The molecule has 4 aromatic rings. The lowest BCUT2D eigenvalue weighted by Gasteiger charge is -2.37. The van der Waals surface area contributed by atoms with Gasteiger partial charge in [-0.2, -0.15) is 18.3 Å². The van der Waals surface area contributed by atoms with Gasteiger partial charge in [0.2, 0.25) is 0 Å². The minimum Gasteiger partial charge on any atom is -0.454 e. The smallest absolute Gasteiger partial charge is 0.434 e. The van der Waals surface area contributed by atoms with E-state index < -0.39 is 40.8 Å². The van der Waals surface area contributed by atoms with Gasteiger partial charge in [-0.3, -0.25) is 9.69 Å². The van der Waals surface area contributed by atoms with Gasteiger partial charge >= 0.3 is 6.18 Å². The second-order valence-electron chi connectivity index (χ2n) is 10.5. The number of nitrogens with two attached hydrogens (primary N) is 1. The van der Waals surface area contributed by atoms with E-state index in [4.69, 9.17) is 15.2 Å². The SMILES string of the molecule is Nc1nccc(Oc2ccc(NC(=O)c3cnn(-c4ncccc4F)c3C(F)(F)F)cc2F)c1CN1CCC2(COC2)C1. The van der Waals surface area contributed by atoms with E-state index in [0.717, 1.165) is 37.8 Å². The molecule has 10 nitrogen and oxygen atoms in total. The number of nitrogens with one attached hydrogen (secondary N) is 1. The fraction of sp³-hybridized carbons (Fsp3) is 0.286. The molecule has 224 valence electrons. The van der Waals surface area contributed by atoms with Gasteiger partial charge < -0.3 is 20.5 Å². The van der Waals surface area contributed by atoms with Gasteiger partial charge in [0.15, 0.2) is 28.9 Å². The first-order chi connectivity index (χ1) is 20.5. The van der Waals surface area contributed by atoms with Gasteiger partial charge in [-0.25, -0.2) is 23.4 Å². The zero-order valence-corrected chi connectivity index (χ0v) is 22.4. The number of rotatable bonds is 7. The summed E-state index contributed by atoms with van der Waals surface area (Å²) in [6.07, 6.45) is -0.948. The van der Waals surface area contributed by atoms with E-state index in [1.54, 1.807) is 6.07 Å². The molecule has 0 unspecified atom stereocenters. The third-order valence-corrected chi connectivity index (χ3v) is 7.39. The van der Waals surface area contributed by atoms with Crippen molar-refractivity contribution in [2.75, 3.05) is 37.4 Å². The summed E-state index contributed by atoms with van der Waals surface area (Å²) >= 11 is 0. The number of nitrogens with zero attached hydrogens (tertiary/aromatic N) is 5. The van der Waals surface area contributed by atoms with Crippen LogP contribution in [0.25, 0.3) is 5.82 Å². The van der Waals surface area contributed by atoms with Crippen LogP contribution in [0.3, 0.4) is 0 Å². The molecule has 6 rings (SSSR count). The molecule has 0 saturated carbocycles. The monoisotopic (exact) mass is 601 g/mol. The Kier molecular flexibility index (Phi) is 7.22. The first kappa shape index (κ1) is 28.5. The molecule has 3 N–H and O–H groups in total. The van der Waals surface area contributed by atoms with Gasteiger partial charge in [0.25, 0.3) is 5.91 Å². The van der Waals surface area contributed by atoms with Gasteiger partial charge in [-0.1, -0.05) is 0 Å². The Morgan fingerprint density at radius 2 is 1.91 bits per heavy atom. The summed E-state index contributed by atoms with van der Waals surface area (Å²) in [6, 6.07) is 7.04. The van der Waals surface area contributed by atoms with E-state index in [1.807, 2.05) is 0 Å². The lowest BCUT2D eigenvalue weighted by molar-refractivity contribution is -0.143. The Labute approximate surface area is 241 Å². The molecule has 1 amide bonds. The highest BCUT2D eigenvalue weighted by Crippen LogP contribution is 2.40. The number of hydrogen-bond donors (Lipinski definition) is 2. The predicted molar refractivity (Wildman–Crippen MR) is 143 cm³/mol. The third-order valence-electron chi connectivity index (χ3n) is 7.39. The Bertz CT molecular complexity index is 1690. The Balaban J connectivity index is 1.20. The standard InChI is InChI=1S/C28H24F5N7O3/c29-19-2-1-7-36-25(19)40-23(28(31,32)33)17(11-37-40)26(41)38-16-3-4-22(20(30)10-16)43-21-5-8-35-24(34)18(21)12-39-9-6-27(13-39)14-42-15-27/h1-5,7-8,10-11H,6,9,12-15H2,(H2,34,35)(H,38,41). The quantitative estimate of drug-likeness (QED) is 0.290. The molecular formula is C28H24F5N7O3. The summed E-state index contributed by atoms with van der Waals surface area (Å²) in [7, 11) is 0. The fourth-order valence-corrected chi connectivity index (χ4v) is 5.22. The number of nitrogen functional groups attached to an aromatic ring is 1. The number of carbonyl (C=O) groups is 1. The highest BCUT2D eigenvalue weighted by Gasteiger charge is 2.44. The number of alkyl halides is 3. The Hall–Kier alpha value is -4.63. The lowest BCUT2D eigenvalue weighted by Crippen LogP contribution is -2.44. The van der Waals surface area contributed by atoms with Crippen LogP contribution in [0.2, 0.25) is 0 Å². The van der Waals surface area contributed by atoms with Crippen molar-refractivity contribution in [3.8, 4) is 17.3 Å². The van der Waals surface area contributed by atoms with Crippen LogP contribution in [0.1, 0.15) is 28.0 Å². The molecule has 2 aliphatic rings. The molecule has 0 aliphatic carbocycles. The van der Waals surface area contributed by atoms with Crippen LogP contribution in [0.15, 0.2) is 55.0 Å². The molecule has 1 spiro atoms. The molecular weight excluding hydrogens is 577 g/mol. The van der Waals surface area contributed by atoms with Gasteiger partial charge in [-0.15, -0.1) is 0 Å². The molecule has 43 heavy (non-hydrogen) atoms. The first-order valence-electron chi connectivity index (χ1n) is 13.1. The van der Waals surface area contributed by atoms with Crippen molar-refractivity contribution in [3.05, 3.63) is 83.4 Å². The van der Waals surface area contributed by atoms with E-state index in [2.05, 4.69) is 25.3 Å². The maximum Gasteiger partial charge on any atom is 0.434 e. The molecule has 1 aromatic carbocycles. The van der Waals surface area contributed by atoms with Crippen LogP contribution >= 0.6 is 0 Å². The van der Waals surface area contributed by atoms with Gasteiger partial charge in [-0.05, 0) is 43.3 Å². The minimum atomic E-state index is -5.10. The molecule has 2 fully saturated rings. The number of hydrogen-bond acceptors (Lipinski definition) is 8. The fourth-order valence-electron chi connectivity index (χ4n) is 5.22. The summed E-state index contributed by atoms with van der Waals surface area (Å²) in [4.78, 5) is 22.8. The molecule has 2 saturated heterocycles. The zero-order chi connectivity index (χ0) is 30.4. The second-order valence-corrected chi connectivity index (χ2v) is 10.5. The molecule has 15 heteroatoms. The van der Waals surface area contributed by atoms with Crippen molar-refractivity contribution >= 4 is 17.4 Å². The van der Waals surface area contributed by atoms with Gasteiger partial charge in [0.1, 0.15) is 11.6 Å². The number of ether oxygens (including phenoxy) is 2. The number of aromatic nitrogens is 4. The number of pyridine rings is 2. The Morgan fingerprint density at radius 1 is 1.09 bits per heavy atom. The number of halogens is 5. The largest absolute Gasteiger partial charge is 0.454 e. The van der Waals surface area contributed by atoms with Crippen LogP contribution in [0.4, 0.5) is 33.5 Å². The maximum absolute atomic E-state index is 15.1. The van der Waals surface area contributed by atoms with Crippen molar-refractivity contribution in [1.82, 2.24) is 24.6 Å². The summed E-state index contributed by atoms with van der Waals surface area (Å²) < 4.78 is 82.5. The van der Waals surface area contributed by atoms with Crippen molar-refractivity contribution in [2.24, 2.45) is 5.41 Å². The van der Waals surface area contributed by atoms with E-state index in [-0.39, 0.29) is 33.1 Å². The number of anilines is 2. The van der Waals surface area contributed by atoms with E-state index >= 15 is 4.39 Å². The summed E-state index contributed by atoms with van der Waals surface area (Å²) in [5.74, 6) is -3.63. The third kappa shape index (κ3) is 5.60. The van der Waals surface area contributed by atoms with Crippen LogP contribution in [-0.2, 0) is 17.5 Å². The summed E-state index contributed by atoms with van der Waals surface area (Å²) in [6.45, 7) is 3.53. The van der Waals surface area contributed by atoms with Gasteiger partial charge in [0, 0.05) is 42.7 Å². The number of carbonyl (C=O) groups excluding carboxylic acids is 1. The van der Waals surface area contributed by atoms with Crippen molar-refractivity contribution in [3.63, 3.8) is 0 Å². The van der Waals surface area contributed by atoms with Crippen molar-refractivity contribution < 1.29 is 36.2 Å². The molecule has 3 aromatic heterocycles. The maximum atomic E-state index is 15.1. The molecule has 0 radical (unpaired) electrons. The Morgan fingerprint density at radius 3 is 2.58 bits per heavy atom. The summed E-state index contributed by atoms with van der Waals surface area (Å²) in [5, 5.41) is 5.76. The van der Waals surface area contributed by atoms with Crippen molar-refractivity contribution in [2.45, 2.75) is 19.1 Å². The molecule has 0 bridgehead atoms. The average Bonchev–Trinajstić information content (AvgIpc) is 3.58.